The third-order valence-corrected chi connectivity index (χ3v) is 4.38. The molecule has 2 atom stereocenters. The summed E-state index contributed by atoms with van der Waals surface area (Å²) in [7, 11) is 0. The minimum Gasteiger partial charge on any atom is -0.396 e. The van der Waals surface area contributed by atoms with Crippen molar-refractivity contribution in [3.05, 3.63) is 28.8 Å². The molecule has 1 aromatic carbocycles. The van der Waals surface area contributed by atoms with Gasteiger partial charge in [0.25, 0.3) is 5.91 Å². The first-order chi connectivity index (χ1) is 10.0. The van der Waals surface area contributed by atoms with Crippen molar-refractivity contribution < 1.29 is 14.8 Å². The lowest BCUT2D eigenvalue weighted by Gasteiger charge is -2.21. The third kappa shape index (κ3) is 3.83. The predicted octanol–water partition coefficient (Wildman–Crippen LogP) is 0.980. The number of benzene rings is 1. The summed E-state index contributed by atoms with van der Waals surface area (Å²) in [5.74, 6) is 0.121. The van der Waals surface area contributed by atoms with Gasteiger partial charge < -0.3 is 15.3 Å². The van der Waals surface area contributed by atoms with E-state index < -0.39 is 0 Å². The van der Waals surface area contributed by atoms with Crippen LogP contribution in [0.3, 0.4) is 0 Å². The highest BCUT2D eigenvalue weighted by atomic mass is 16.3. The molecule has 0 spiro atoms. The van der Waals surface area contributed by atoms with Gasteiger partial charge in [-0.15, -0.1) is 0 Å². The second-order valence-corrected chi connectivity index (χ2v) is 6.19. The normalized spacial score (nSPS) is 21.5. The Kier molecular flexibility index (Phi) is 5.37. The van der Waals surface area contributed by atoms with E-state index in [9.17, 15) is 4.79 Å². The molecule has 0 bridgehead atoms. The van der Waals surface area contributed by atoms with E-state index in [2.05, 4.69) is 24.4 Å². The molecule has 116 valence electrons. The van der Waals surface area contributed by atoms with Gasteiger partial charge in [-0.2, -0.15) is 0 Å². The van der Waals surface area contributed by atoms with E-state index in [-0.39, 0.29) is 18.6 Å². The van der Waals surface area contributed by atoms with Crippen molar-refractivity contribution in [3.63, 3.8) is 0 Å². The first-order valence-electron chi connectivity index (χ1n) is 7.87. The molecule has 1 fully saturated rings. The second-order valence-electron chi connectivity index (χ2n) is 6.19. The maximum Gasteiger partial charge on any atom is 0.282 e. The van der Waals surface area contributed by atoms with Crippen molar-refractivity contribution in [1.29, 1.82) is 0 Å². The van der Waals surface area contributed by atoms with Gasteiger partial charge in [0.2, 0.25) is 0 Å². The zero-order valence-corrected chi connectivity index (χ0v) is 13.3. The Bertz CT molecular complexity index is 491. The number of hydrogen-bond acceptors (Lipinski definition) is 2. The highest BCUT2D eigenvalue weighted by Gasteiger charge is 2.34. The van der Waals surface area contributed by atoms with E-state index in [1.54, 1.807) is 0 Å². The van der Waals surface area contributed by atoms with Crippen LogP contribution in [0.2, 0.25) is 0 Å². The van der Waals surface area contributed by atoms with Crippen LogP contribution < -0.4 is 10.2 Å². The van der Waals surface area contributed by atoms with Gasteiger partial charge in [0.1, 0.15) is 0 Å². The first-order valence-corrected chi connectivity index (χ1v) is 7.87. The topological polar surface area (TPSA) is 53.8 Å². The minimum atomic E-state index is 0.0247. The van der Waals surface area contributed by atoms with Crippen LogP contribution in [0.25, 0.3) is 0 Å². The van der Waals surface area contributed by atoms with Crippen LogP contribution in [0, 0.1) is 20.8 Å². The summed E-state index contributed by atoms with van der Waals surface area (Å²) in [6, 6.07) is 4.23. The van der Waals surface area contributed by atoms with Crippen LogP contribution in [-0.2, 0) is 4.79 Å². The Morgan fingerprint density at radius 3 is 2.62 bits per heavy atom. The van der Waals surface area contributed by atoms with Gasteiger partial charge in [-0.25, -0.2) is 0 Å². The van der Waals surface area contributed by atoms with Crippen molar-refractivity contribution in [2.75, 3.05) is 25.0 Å². The highest BCUT2D eigenvalue weighted by molar-refractivity contribution is 5.95. The average Bonchev–Trinajstić information content (AvgIpc) is 2.88. The van der Waals surface area contributed by atoms with Gasteiger partial charge >= 0.3 is 0 Å². The highest BCUT2D eigenvalue weighted by Crippen LogP contribution is 2.22. The van der Waals surface area contributed by atoms with Gasteiger partial charge in [-0.05, 0) is 31.9 Å². The van der Waals surface area contributed by atoms with Gasteiger partial charge in [0.15, 0.2) is 6.04 Å². The Labute approximate surface area is 127 Å². The fraction of sp³-hybridized carbons (Fsp3) is 0.588. The Morgan fingerprint density at radius 1 is 1.33 bits per heavy atom. The summed E-state index contributed by atoms with van der Waals surface area (Å²) in [5.41, 5.74) is 4.42. The van der Waals surface area contributed by atoms with Crippen LogP contribution in [0.5, 0.6) is 0 Å². The molecule has 0 aliphatic carbocycles. The molecule has 1 unspecified atom stereocenters. The number of aryl methyl sites for hydroxylation is 3. The first kappa shape index (κ1) is 16.0. The zero-order valence-electron chi connectivity index (χ0n) is 13.3. The molecule has 21 heavy (non-hydrogen) atoms. The summed E-state index contributed by atoms with van der Waals surface area (Å²) in [4.78, 5) is 13.9. The molecule has 0 saturated carbocycles. The van der Waals surface area contributed by atoms with Gasteiger partial charge in [-0.3, -0.25) is 4.79 Å². The van der Waals surface area contributed by atoms with Crippen LogP contribution in [0.4, 0.5) is 5.69 Å². The van der Waals surface area contributed by atoms with E-state index in [0.29, 0.717) is 0 Å². The predicted molar refractivity (Wildman–Crippen MR) is 84.7 cm³/mol. The molecule has 0 aromatic heterocycles. The molecular weight excluding hydrogens is 264 g/mol. The molecule has 1 aliphatic rings. The number of amides is 1. The van der Waals surface area contributed by atoms with E-state index in [0.717, 1.165) is 49.2 Å². The summed E-state index contributed by atoms with van der Waals surface area (Å²) in [5, 5.41) is 12.1. The standard InChI is InChI=1S/C17H26N2O2/c1-12-10-13(2)16(14(3)11-12)18-17(21)15-6-4-7-19(15)8-5-9-20/h10-11,15,20H,4-9H2,1-3H3,(H,18,21)/p+1/t15-/m1/s1. The van der Waals surface area contributed by atoms with Crippen LogP contribution in [-0.4, -0.2) is 36.8 Å². The number of aliphatic hydroxyl groups excluding tert-OH is 1. The minimum absolute atomic E-state index is 0.0247. The Morgan fingerprint density at radius 2 is 2.00 bits per heavy atom. The molecular formula is C17H27N2O2+. The van der Waals surface area contributed by atoms with Crippen molar-refractivity contribution in [3.8, 4) is 0 Å². The lowest BCUT2D eigenvalue weighted by atomic mass is 10.0. The maximum atomic E-state index is 12.6. The lowest BCUT2D eigenvalue weighted by Crippen LogP contribution is -3.14. The number of likely N-dealkylation sites (tertiary alicyclic amines) is 1. The number of rotatable bonds is 5. The van der Waals surface area contributed by atoms with E-state index >= 15 is 0 Å². The molecule has 1 heterocycles. The Hall–Kier alpha value is -1.39. The van der Waals surface area contributed by atoms with Crippen molar-refractivity contribution in [2.45, 2.75) is 46.1 Å². The van der Waals surface area contributed by atoms with Crippen LogP contribution >= 0.6 is 0 Å². The second kappa shape index (κ2) is 7.05. The maximum absolute atomic E-state index is 12.6. The monoisotopic (exact) mass is 291 g/mol. The third-order valence-electron chi connectivity index (χ3n) is 4.38. The summed E-state index contributed by atoms with van der Waals surface area (Å²) in [6.45, 7) is 8.27. The average molecular weight is 291 g/mol. The van der Waals surface area contributed by atoms with Crippen molar-refractivity contribution in [1.82, 2.24) is 0 Å². The summed E-state index contributed by atoms with van der Waals surface area (Å²) < 4.78 is 0. The van der Waals surface area contributed by atoms with Crippen LogP contribution in [0.15, 0.2) is 12.1 Å². The molecule has 3 N–H and O–H groups in total. The van der Waals surface area contributed by atoms with Crippen molar-refractivity contribution >= 4 is 11.6 Å². The van der Waals surface area contributed by atoms with Crippen molar-refractivity contribution in [2.24, 2.45) is 0 Å². The SMILES string of the molecule is Cc1cc(C)c(NC(=O)[C@H]2CCC[NH+]2CCCO)c(C)c1. The molecule has 1 aliphatic heterocycles. The molecule has 1 saturated heterocycles. The quantitative estimate of drug-likeness (QED) is 0.757. The fourth-order valence-corrected chi connectivity index (χ4v) is 3.42. The van der Waals surface area contributed by atoms with Gasteiger partial charge in [-0.1, -0.05) is 17.7 Å². The molecule has 2 rings (SSSR count). The smallest absolute Gasteiger partial charge is 0.282 e. The Balaban J connectivity index is 2.07. The molecule has 0 radical (unpaired) electrons. The van der Waals surface area contributed by atoms with Crippen LogP contribution in [0.1, 0.15) is 36.0 Å². The number of anilines is 1. The van der Waals surface area contributed by atoms with E-state index in [4.69, 9.17) is 5.11 Å². The molecule has 1 amide bonds. The largest absolute Gasteiger partial charge is 0.396 e. The number of carbonyl (C=O) groups is 1. The van der Waals surface area contributed by atoms with Gasteiger partial charge in [0.05, 0.1) is 13.1 Å². The molecule has 4 heteroatoms. The molecule has 4 nitrogen and oxygen atoms in total. The van der Waals surface area contributed by atoms with E-state index in [1.165, 1.54) is 10.5 Å². The zero-order chi connectivity index (χ0) is 15.4. The summed E-state index contributed by atoms with van der Waals surface area (Å²) in [6.07, 6.45) is 2.79. The lowest BCUT2D eigenvalue weighted by molar-refractivity contribution is -0.903. The van der Waals surface area contributed by atoms with E-state index in [1.807, 2.05) is 13.8 Å². The number of hydrogen-bond donors (Lipinski definition) is 3. The summed E-state index contributed by atoms with van der Waals surface area (Å²) >= 11 is 0. The number of aliphatic hydroxyl groups is 1. The van der Waals surface area contributed by atoms with Gasteiger partial charge in [0, 0.05) is 31.6 Å². The molecule has 1 aromatic rings. The fourth-order valence-electron chi connectivity index (χ4n) is 3.42. The number of carbonyl (C=O) groups excluding carboxylic acids is 1. The number of nitrogens with one attached hydrogen (secondary N) is 2. The number of quaternary nitrogens is 1.